The average Bonchev–Trinajstić information content (AvgIpc) is 2.67. The Balaban J connectivity index is 1.70. The Bertz CT molecular complexity index is 686. The first-order valence-electron chi connectivity index (χ1n) is 9.21. The Kier molecular flexibility index (Phi) is 5.34. The van der Waals surface area contributed by atoms with E-state index in [1.54, 1.807) is 0 Å². The summed E-state index contributed by atoms with van der Waals surface area (Å²) in [7, 11) is 0. The third kappa shape index (κ3) is 3.31. The molecule has 0 unspecified atom stereocenters. The van der Waals surface area contributed by atoms with Gasteiger partial charge in [-0.3, -0.25) is 14.6 Å². The third-order valence-corrected chi connectivity index (χ3v) is 6.45. The van der Waals surface area contributed by atoms with E-state index in [-0.39, 0.29) is 5.78 Å². The topological polar surface area (TPSA) is 51.2 Å². The highest BCUT2D eigenvalue weighted by molar-refractivity contribution is 9.10. The van der Waals surface area contributed by atoms with Gasteiger partial charge in [0.25, 0.3) is 0 Å². The summed E-state index contributed by atoms with van der Waals surface area (Å²) in [5.74, 6) is 0.856. The summed E-state index contributed by atoms with van der Waals surface area (Å²) < 4.78 is 18.1. The Morgan fingerprint density at radius 2 is 1.73 bits per heavy atom. The lowest BCUT2D eigenvalue weighted by molar-refractivity contribution is -0.0546. The van der Waals surface area contributed by atoms with Gasteiger partial charge in [0.2, 0.25) is 0 Å². The highest BCUT2D eigenvalue weighted by Gasteiger charge is 2.50. The molecule has 6 nitrogen and oxygen atoms in total. The molecule has 0 saturated carbocycles. The second-order valence-corrected chi connectivity index (χ2v) is 8.09. The van der Waals surface area contributed by atoms with E-state index in [2.05, 4.69) is 25.7 Å². The van der Waals surface area contributed by atoms with Gasteiger partial charge in [-0.05, 0) is 24.6 Å². The molecule has 2 fully saturated rings. The van der Waals surface area contributed by atoms with E-state index in [0.717, 1.165) is 49.4 Å². The zero-order valence-corrected chi connectivity index (χ0v) is 16.7. The molecule has 3 aliphatic heterocycles. The van der Waals surface area contributed by atoms with Crippen LogP contribution in [0.5, 0.6) is 5.75 Å². The van der Waals surface area contributed by atoms with Crippen LogP contribution in [-0.2, 0) is 9.47 Å². The zero-order chi connectivity index (χ0) is 18.1. The van der Waals surface area contributed by atoms with E-state index < -0.39 is 5.54 Å². The molecular weight excluding hydrogens is 400 g/mol. The molecule has 3 aliphatic rings. The number of hydrogen-bond donors (Lipinski definition) is 0. The Morgan fingerprint density at radius 1 is 1.08 bits per heavy atom. The third-order valence-electron chi connectivity index (χ3n) is 5.60. The van der Waals surface area contributed by atoms with E-state index >= 15 is 0 Å². The van der Waals surface area contributed by atoms with Gasteiger partial charge in [-0.15, -0.1) is 0 Å². The van der Waals surface area contributed by atoms with Crippen molar-refractivity contribution in [3.63, 3.8) is 0 Å². The quantitative estimate of drug-likeness (QED) is 0.736. The fourth-order valence-corrected chi connectivity index (χ4v) is 4.38. The molecule has 0 aliphatic carbocycles. The second-order valence-electron chi connectivity index (χ2n) is 7.23. The molecule has 0 spiro atoms. The molecule has 7 heteroatoms. The van der Waals surface area contributed by atoms with Crippen LogP contribution < -0.4 is 4.74 Å². The van der Waals surface area contributed by atoms with Gasteiger partial charge in [-0.25, -0.2) is 0 Å². The van der Waals surface area contributed by atoms with E-state index in [9.17, 15) is 4.79 Å². The molecule has 0 aromatic heterocycles. The number of morpholine rings is 2. The molecule has 0 radical (unpaired) electrons. The van der Waals surface area contributed by atoms with E-state index in [1.165, 1.54) is 0 Å². The highest BCUT2D eigenvalue weighted by Crippen LogP contribution is 2.37. The molecule has 1 aromatic carbocycles. The Labute approximate surface area is 162 Å². The molecule has 0 N–H and O–H groups in total. The number of ketones is 1. The van der Waals surface area contributed by atoms with Crippen LogP contribution in [0.15, 0.2) is 16.6 Å². The summed E-state index contributed by atoms with van der Waals surface area (Å²) in [6.07, 6.45) is 0. The van der Waals surface area contributed by atoms with Crippen molar-refractivity contribution in [3.05, 3.63) is 27.7 Å². The maximum Gasteiger partial charge on any atom is 0.191 e. The standard InChI is InChI=1S/C19H25BrN2O4/c1-14-10-17-15(11-16(14)20)18(23)19(13-26-17,22-4-8-25-9-5-22)12-21-2-6-24-7-3-21/h10-11H,2-9,12-13H2,1H3/t19-/m1/s1. The van der Waals surface area contributed by atoms with Crippen molar-refractivity contribution < 1.29 is 19.0 Å². The molecule has 1 atom stereocenters. The van der Waals surface area contributed by atoms with E-state index in [0.29, 0.717) is 37.7 Å². The number of ether oxygens (including phenoxy) is 3. The number of hydrogen-bond acceptors (Lipinski definition) is 6. The molecule has 0 amide bonds. The highest BCUT2D eigenvalue weighted by atomic mass is 79.9. The van der Waals surface area contributed by atoms with E-state index in [1.807, 2.05) is 19.1 Å². The summed E-state index contributed by atoms with van der Waals surface area (Å²) >= 11 is 3.57. The number of rotatable bonds is 3. The maximum absolute atomic E-state index is 13.7. The van der Waals surface area contributed by atoms with Crippen LogP contribution in [0.25, 0.3) is 0 Å². The molecule has 2 saturated heterocycles. The van der Waals surface area contributed by atoms with Gasteiger partial charge >= 0.3 is 0 Å². The number of aryl methyl sites for hydroxylation is 1. The minimum absolute atomic E-state index is 0.160. The van der Waals surface area contributed by atoms with Gasteiger partial charge in [0.15, 0.2) is 5.78 Å². The SMILES string of the molecule is Cc1cc2c(cc1Br)C(=O)[C@](CN1CCOCC1)(N1CCOCC1)CO2. The second kappa shape index (κ2) is 7.56. The zero-order valence-electron chi connectivity index (χ0n) is 15.1. The molecule has 142 valence electrons. The fourth-order valence-electron chi connectivity index (χ4n) is 4.04. The van der Waals surface area contributed by atoms with Crippen LogP contribution in [0, 0.1) is 6.92 Å². The predicted molar refractivity (Wildman–Crippen MR) is 101 cm³/mol. The summed E-state index contributed by atoms with van der Waals surface area (Å²) in [6, 6.07) is 3.87. The van der Waals surface area contributed by atoms with Gasteiger partial charge in [0.05, 0.1) is 32.0 Å². The monoisotopic (exact) mass is 424 g/mol. The van der Waals surface area contributed by atoms with Crippen molar-refractivity contribution >= 4 is 21.7 Å². The largest absolute Gasteiger partial charge is 0.490 e. The van der Waals surface area contributed by atoms with Crippen LogP contribution in [0.3, 0.4) is 0 Å². The molecular formula is C19H25BrN2O4. The lowest BCUT2D eigenvalue weighted by Crippen LogP contribution is -2.68. The first-order chi connectivity index (χ1) is 12.6. The van der Waals surface area contributed by atoms with Crippen molar-refractivity contribution in [2.45, 2.75) is 12.5 Å². The number of nitrogens with zero attached hydrogens (tertiary/aromatic N) is 2. The van der Waals surface area contributed by atoms with Crippen molar-refractivity contribution in [1.29, 1.82) is 0 Å². The number of carbonyl (C=O) groups excluding carboxylic acids is 1. The van der Waals surface area contributed by atoms with Gasteiger partial charge in [0.1, 0.15) is 17.9 Å². The van der Waals surface area contributed by atoms with Crippen LogP contribution in [-0.4, -0.2) is 86.9 Å². The lowest BCUT2D eigenvalue weighted by Gasteiger charge is -2.48. The predicted octanol–water partition coefficient (Wildman–Crippen LogP) is 1.74. The van der Waals surface area contributed by atoms with Crippen molar-refractivity contribution in [2.24, 2.45) is 0 Å². The Hall–Kier alpha value is -0.990. The van der Waals surface area contributed by atoms with Crippen LogP contribution in [0.1, 0.15) is 15.9 Å². The van der Waals surface area contributed by atoms with Crippen LogP contribution >= 0.6 is 15.9 Å². The first kappa shape index (κ1) is 18.4. The number of fused-ring (bicyclic) bond motifs is 1. The fraction of sp³-hybridized carbons (Fsp3) is 0.632. The number of Topliss-reactive ketones (excluding diaryl/α,β-unsaturated/α-hetero) is 1. The number of halogens is 1. The van der Waals surface area contributed by atoms with Gasteiger partial charge < -0.3 is 14.2 Å². The summed E-state index contributed by atoms with van der Waals surface area (Å²) in [4.78, 5) is 18.3. The number of carbonyl (C=O) groups is 1. The molecule has 26 heavy (non-hydrogen) atoms. The van der Waals surface area contributed by atoms with Crippen molar-refractivity contribution in [2.75, 3.05) is 65.8 Å². The van der Waals surface area contributed by atoms with Crippen molar-refractivity contribution in [3.8, 4) is 5.75 Å². The minimum atomic E-state index is -0.664. The smallest absolute Gasteiger partial charge is 0.191 e. The lowest BCUT2D eigenvalue weighted by atomic mass is 9.84. The molecule has 4 rings (SSSR count). The summed E-state index contributed by atoms with van der Waals surface area (Å²) in [5.41, 5.74) is 1.08. The molecule has 1 aromatic rings. The number of benzene rings is 1. The summed E-state index contributed by atoms with van der Waals surface area (Å²) in [5, 5.41) is 0. The van der Waals surface area contributed by atoms with E-state index in [4.69, 9.17) is 14.2 Å². The van der Waals surface area contributed by atoms with Crippen LogP contribution in [0.4, 0.5) is 0 Å². The van der Waals surface area contributed by atoms with Crippen molar-refractivity contribution in [1.82, 2.24) is 9.80 Å². The molecule has 3 heterocycles. The Morgan fingerprint density at radius 3 is 2.42 bits per heavy atom. The maximum atomic E-state index is 13.7. The minimum Gasteiger partial charge on any atom is -0.490 e. The summed E-state index contributed by atoms with van der Waals surface area (Å²) in [6.45, 7) is 9.01. The normalized spacial score (nSPS) is 27.8. The average molecular weight is 425 g/mol. The van der Waals surface area contributed by atoms with Gasteiger partial charge in [-0.2, -0.15) is 0 Å². The van der Waals surface area contributed by atoms with Gasteiger partial charge in [0, 0.05) is 37.2 Å². The first-order valence-corrected chi connectivity index (χ1v) is 10.0. The molecule has 0 bridgehead atoms. The van der Waals surface area contributed by atoms with Gasteiger partial charge in [-0.1, -0.05) is 15.9 Å². The van der Waals surface area contributed by atoms with Crippen LogP contribution in [0.2, 0.25) is 0 Å².